The molecule has 0 aliphatic carbocycles. The highest BCUT2D eigenvalue weighted by molar-refractivity contribution is 6.26. The van der Waals surface area contributed by atoms with E-state index < -0.39 is 11.9 Å². The number of alkyl halides is 1. The van der Waals surface area contributed by atoms with Gasteiger partial charge in [-0.1, -0.05) is 72.3 Å². The van der Waals surface area contributed by atoms with Crippen molar-refractivity contribution in [3.05, 3.63) is 94.5 Å². The van der Waals surface area contributed by atoms with Crippen LogP contribution in [0.3, 0.4) is 0 Å². The lowest BCUT2D eigenvalue weighted by Crippen LogP contribution is -2.20. The number of hydrogen-bond acceptors (Lipinski definition) is 4. The van der Waals surface area contributed by atoms with Crippen LogP contribution in [0, 0.1) is 0 Å². The SMILES string of the molecule is O=C(OCc1ccccc1)C(C(=O)OCc1ccccc1)=C(/C=C/Cl)CCl. The van der Waals surface area contributed by atoms with Gasteiger partial charge in [-0.2, -0.15) is 0 Å². The standard InChI is InChI=1S/C21H18Cl2O4/c22-12-11-18(13-23)19(20(24)26-14-16-7-3-1-4-8-16)21(25)27-15-17-9-5-2-6-10-17/h1-12H,13-15H2/b12-11+. The predicted molar refractivity (Wildman–Crippen MR) is 105 cm³/mol. The van der Waals surface area contributed by atoms with Gasteiger partial charge in [0.2, 0.25) is 0 Å². The molecule has 0 fully saturated rings. The summed E-state index contributed by atoms with van der Waals surface area (Å²) in [6.45, 7) is 0.0462. The lowest BCUT2D eigenvalue weighted by Gasteiger charge is -2.11. The molecule has 0 unspecified atom stereocenters. The first kappa shape index (κ1) is 20.7. The summed E-state index contributed by atoms with van der Waals surface area (Å²) in [6, 6.07) is 18.3. The fourth-order valence-corrected chi connectivity index (χ4v) is 2.58. The van der Waals surface area contributed by atoms with Gasteiger partial charge in [-0.15, -0.1) is 11.6 Å². The van der Waals surface area contributed by atoms with Crippen LogP contribution in [0.15, 0.2) is 83.4 Å². The Morgan fingerprint density at radius 2 is 1.26 bits per heavy atom. The maximum absolute atomic E-state index is 12.5. The van der Waals surface area contributed by atoms with E-state index in [9.17, 15) is 9.59 Å². The lowest BCUT2D eigenvalue weighted by molar-refractivity contribution is -0.148. The Kier molecular flexibility index (Phi) is 8.62. The topological polar surface area (TPSA) is 52.6 Å². The molecule has 4 nitrogen and oxygen atoms in total. The van der Waals surface area contributed by atoms with E-state index in [0.717, 1.165) is 11.1 Å². The molecule has 2 aromatic carbocycles. The smallest absolute Gasteiger partial charge is 0.346 e. The number of carbonyl (C=O) groups is 2. The monoisotopic (exact) mass is 404 g/mol. The quantitative estimate of drug-likeness (QED) is 0.159. The van der Waals surface area contributed by atoms with Crippen molar-refractivity contribution < 1.29 is 19.1 Å². The van der Waals surface area contributed by atoms with Gasteiger partial charge in [-0.05, 0) is 22.8 Å². The molecule has 2 rings (SSSR count). The van der Waals surface area contributed by atoms with Crippen LogP contribution in [0.25, 0.3) is 0 Å². The number of esters is 2. The summed E-state index contributed by atoms with van der Waals surface area (Å²) < 4.78 is 10.5. The Hall–Kier alpha value is -2.56. The van der Waals surface area contributed by atoms with Gasteiger partial charge in [0.25, 0.3) is 0 Å². The molecule has 0 amide bonds. The summed E-state index contributed by atoms with van der Waals surface area (Å²) in [4.78, 5) is 25.1. The summed E-state index contributed by atoms with van der Waals surface area (Å²) >= 11 is 11.5. The molecule has 0 radical (unpaired) electrons. The molecule has 6 heteroatoms. The van der Waals surface area contributed by atoms with Gasteiger partial charge >= 0.3 is 11.9 Å². The molecule has 0 aliphatic heterocycles. The van der Waals surface area contributed by atoms with Crippen LogP contribution in [0.2, 0.25) is 0 Å². The second-order valence-electron chi connectivity index (χ2n) is 5.45. The summed E-state index contributed by atoms with van der Waals surface area (Å²) in [5.41, 5.74) is 2.72. The van der Waals surface area contributed by atoms with Crippen molar-refractivity contribution in [2.75, 3.05) is 5.88 Å². The van der Waals surface area contributed by atoms with E-state index in [1.54, 1.807) is 0 Å². The van der Waals surface area contributed by atoms with Crippen molar-refractivity contribution in [1.82, 2.24) is 0 Å². The number of ether oxygens (including phenoxy) is 2. The fourth-order valence-electron chi connectivity index (χ4n) is 2.21. The predicted octanol–water partition coefficient (Wildman–Crippen LogP) is 4.76. The van der Waals surface area contributed by atoms with Gasteiger partial charge in [0.1, 0.15) is 18.8 Å². The van der Waals surface area contributed by atoms with Gasteiger partial charge in [0, 0.05) is 11.4 Å². The van der Waals surface area contributed by atoms with E-state index in [1.807, 2.05) is 60.7 Å². The van der Waals surface area contributed by atoms with Gasteiger partial charge in [0.05, 0.1) is 0 Å². The normalized spacial score (nSPS) is 10.4. The van der Waals surface area contributed by atoms with Gasteiger partial charge < -0.3 is 9.47 Å². The Morgan fingerprint density at radius 1 is 0.815 bits per heavy atom. The van der Waals surface area contributed by atoms with E-state index in [4.69, 9.17) is 32.7 Å². The van der Waals surface area contributed by atoms with Crippen molar-refractivity contribution in [3.8, 4) is 0 Å². The van der Waals surface area contributed by atoms with E-state index in [1.165, 1.54) is 11.6 Å². The molecule has 0 spiro atoms. The first-order valence-electron chi connectivity index (χ1n) is 8.13. The van der Waals surface area contributed by atoms with E-state index in [-0.39, 0.29) is 30.2 Å². The zero-order valence-electron chi connectivity index (χ0n) is 14.4. The highest BCUT2D eigenvalue weighted by Gasteiger charge is 2.25. The molecule has 2 aromatic rings. The number of halogens is 2. The van der Waals surface area contributed by atoms with Gasteiger partial charge in [-0.3, -0.25) is 0 Å². The zero-order valence-corrected chi connectivity index (χ0v) is 16.0. The summed E-state index contributed by atoms with van der Waals surface area (Å²) in [5.74, 6) is -1.73. The van der Waals surface area contributed by atoms with Crippen LogP contribution in [0.5, 0.6) is 0 Å². The van der Waals surface area contributed by atoms with Crippen molar-refractivity contribution >= 4 is 35.1 Å². The molecule has 140 valence electrons. The van der Waals surface area contributed by atoms with Crippen LogP contribution in [0.4, 0.5) is 0 Å². The molecule has 0 N–H and O–H groups in total. The zero-order chi connectivity index (χ0) is 19.5. The Morgan fingerprint density at radius 3 is 1.63 bits per heavy atom. The van der Waals surface area contributed by atoms with E-state index in [0.29, 0.717) is 0 Å². The summed E-state index contributed by atoms with van der Waals surface area (Å²) in [7, 11) is 0. The Bertz CT molecular complexity index is 757. The molecule has 27 heavy (non-hydrogen) atoms. The average Bonchev–Trinajstić information content (AvgIpc) is 2.71. The molecule has 0 saturated heterocycles. The summed E-state index contributed by atoms with van der Waals surface area (Å²) in [6.07, 6.45) is 1.37. The minimum Gasteiger partial charge on any atom is -0.457 e. The third kappa shape index (κ3) is 6.59. The van der Waals surface area contributed by atoms with E-state index in [2.05, 4.69) is 0 Å². The van der Waals surface area contributed by atoms with Crippen LogP contribution in [-0.2, 0) is 32.3 Å². The highest BCUT2D eigenvalue weighted by atomic mass is 35.5. The number of carbonyl (C=O) groups excluding carboxylic acids is 2. The Balaban J connectivity index is 2.15. The number of allylic oxidation sites excluding steroid dienone is 2. The molecule has 0 aromatic heterocycles. The summed E-state index contributed by atoms with van der Waals surface area (Å²) in [5, 5.41) is 0. The first-order valence-corrected chi connectivity index (χ1v) is 9.10. The van der Waals surface area contributed by atoms with Crippen LogP contribution < -0.4 is 0 Å². The molecular formula is C21H18Cl2O4. The minimum atomic E-state index is -0.817. The van der Waals surface area contributed by atoms with Crippen molar-refractivity contribution in [1.29, 1.82) is 0 Å². The number of benzene rings is 2. The maximum Gasteiger partial charge on any atom is 0.346 e. The average molecular weight is 405 g/mol. The minimum absolute atomic E-state index is 0.0231. The number of rotatable bonds is 8. The molecule has 0 bridgehead atoms. The van der Waals surface area contributed by atoms with Crippen LogP contribution in [0.1, 0.15) is 11.1 Å². The Labute approximate surface area is 168 Å². The molecule has 0 saturated carbocycles. The van der Waals surface area contributed by atoms with E-state index >= 15 is 0 Å². The lowest BCUT2D eigenvalue weighted by atomic mass is 10.1. The maximum atomic E-state index is 12.5. The fraction of sp³-hybridized carbons (Fsp3) is 0.143. The van der Waals surface area contributed by atoms with Crippen molar-refractivity contribution in [3.63, 3.8) is 0 Å². The second-order valence-corrected chi connectivity index (χ2v) is 5.97. The first-order chi connectivity index (χ1) is 13.2. The largest absolute Gasteiger partial charge is 0.457 e. The molecule has 0 heterocycles. The van der Waals surface area contributed by atoms with Crippen LogP contribution in [-0.4, -0.2) is 17.8 Å². The van der Waals surface area contributed by atoms with Gasteiger partial charge in [-0.25, -0.2) is 9.59 Å². The third-order valence-corrected chi connectivity index (χ3v) is 3.98. The van der Waals surface area contributed by atoms with Gasteiger partial charge in [0.15, 0.2) is 0 Å². The highest BCUT2D eigenvalue weighted by Crippen LogP contribution is 2.16. The molecule has 0 atom stereocenters. The third-order valence-electron chi connectivity index (χ3n) is 3.56. The molecular weight excluding hydrogens is 387 g/mol. The number of hydrogen-bond donors (Lipinski definition) is 0. The van der Waals surface area contributed by atoms with Crippen LogP contribution >= 0.6 is 23.2 Å². The second kappa shape index (κ2) is 11.2. The van der Waals surface area contributed by atoms with Crippen molar-refractivity contribution in [2.24, 2.45) is 0 Å². The van der Waals surface area contributed by atoms with Crippen molar-refractivity contribution in [2.45, 2.75) is 13.2 Å². The molecule has 0 aliphatic rings.